The fourth-order valence-electron chi connectivity index (χ4n) is 2.74. The van der Waals surface area contributed by atoms with Crippen LogP contribution in [0.25, 0.3) is 10.8 Å². The van der Waals surface area contributed by atoms with Crippen LogP contribution >= 0.6 is 0 Å². The summed E-state index contributed by atoms with van der Waals surface area (Å²) >= 11 is 0. The van der Waals surface area contributed by atoms with Gasteiger partial charge in [-0.1, -0.05) is 30.3 Å². The largest absolute Gasteiger partial charge is 0.480 e. The number of rotatable bonds is 3. The van der Waals surface area contributed by atoms with E-state index in [0.717, 1.165) is 15.1 Å². The van der Waals surface area contributed by atoms with Crippen LogP contribution in [-0.4, -0.2) is 47.6 Å². The van der Waals surface area contributed by atoms with Gasteiger partial charge in [-0.2, -0.15) is 4.31 Å². The van der Waals surface area contributed by atoms with Gasteiger partial charge < -0.3 is 10.2 Å². The second-order valence-electron chi connectivity index (χ2n) is 5.33. The van der Waals surface area contributed by atoms with Gasteiger partial charge in [-0.05, 0) is 22.9 Å². The Morgan fingerprint density at radius 2 is 1.82 bits per heavy atom. The van der Waals surface area contributed by atoms with E-state index in [-0.39, 0.29) is 17.9 Å². The number of carbonyl (C=O) groups is 1. The Hall–Kier alpha value is -1.96. The smallest absolute Gasteiger partial charge is 0.322 e. The molecule has 0 amide bonds. The van der Waals surface area contributed by atoms with Crippen LogP contribution in [0.4, 0.5) is 0 Å². The Morgan fingerprint density at radius 1 is 1.14 bits per heavy atom. The predicted octanol–water partition coefficient (Wildman–Crippen LogP) is 1.05. The summed E-state index contributed by atoms with van der Waals surface area (Å²) in [5.74, 6) is -1.25. The van der Waals surface area contributed by atoms with Crippen molar-refractivity contribution in [2.75, 3.05) is 6.54 Å². The maximum atomic E-state index is 12.7. The molecule has 1 aliphatic heterocycles. The van der Waals surface area contributed by atoms with Crippen LogP contribution in [0, 0.1) is 0 Å². The van der Waals surface area contributed by atoms with Crippen LogP contribution in [0.5, 0.6) is 0 Å². The number of sulfonamides is 1. The van der Waals surface area contributed by atoms with Crippen LogP contribution in [0.1, 0.15) is 6.42 Å². The number of aliphatic carboxylic acids is 1. The Morgan fingerprint density at radius 3 is 2.50 bits per heavy atom. The number of β-amino-alcohol motifs (C(OH)–C–C–N with tert-alkyl or cyclic N) is 1. The zero-order valence-corrected chi connectivity index (χ0v) is 12.4. The molecule has 2 aromatic rings. The fourth-order valence-corrected chi connectivity index (χ4v) is 4.40. The third-order valence-electron chi connectivity index (χ3n) is 3.85. The van der Waals surface area contributed by atoms with E-state index in [9.17, 15) is 18.3 Å². The molecule has 1 aliphatic rings. The van der Waals surface area contributed by atoms with E-state index in [2.05, 4.69) is 0 Å². The highest BCUT2D eigenvalue weighted by Gasteiger charge is 2.43. The number of hydrogen-bond acceptors (Lipinski definition) is 4. The van der Waals surface area contributed by atoms with Crippen LogP contribution in [0.15, 0.2) is 47.4 Å². The monoisotopic (exact) mass is 321 g/mol. The first-order valence-electron chi connectivity index (χ1n) is 6.81. The minimum Gasteiger partial charge on any atom is -0.480 e. The zero-order valence-electron chi connectivity index (χ0n) is 11.6. The van der Waals surface area contributed by atoms with Crippen LogP contribution in [-0.2, 0) is 14.8 Å². The number of carboxylic acids is 1. The van der Waals surface area contributed by atoms with E-state index in [1.165, 1.54) is 12.1 Å². The molecule has 2 aromatic carbocycles. The van der Waals surface area contributed by atoms with E-state index in [1.807, 2.05) is 12.1 Å². The topological polar surface area (TPSA) is 94.9 Å². The summed E-state index contributed by atoms with van der Waals surface area (Å²) in [7, 11) is -3.96. The molecular weight excluding hydrogens is 306 g/mol. The second kappa shape index (κ2) is 5.35. The molecule has 0 spiro atoms. The molecule has 0 aliphatic carbocycles. The highest BCUT2D eigenvalue weighted by atomic mass is 32.2. The van der Waals surface area contributed by atoms with Gasteiger partial charge in [0, 0.05) is 13.0 Å². The van der Waals surface area contributed by atoms with Gasteiger partial charge >= 0.3 is 5.97 Å². The van der Waals surface area contributed by atoms with Gasteiger partial charge in [-0.25, -0.2) is 8.42 Å². The first-order chi connectivity index (χ1) is 10.4. The van der Waals surface area contributed by atoms with Crippen molar-refractivity contribution in [3.05, 3.63) is 42.5 Å². The lowest BCUT2D eigenvalue weighted by atomic mass is 10.1. The molecule has 2 atom stereocenters. The molecule has 0 radical (unpaired) electrons. The minimum absolute atomic E-state index is 0.0338. The van der Waals surface area contributed by atoms with Crippen LogP contribution in [0.2, 0.25) is 0 Å². The average molecular weight is 321 g/mol. The highest BCUT2D eigenvalue weighted by molar-refractivity contribution is 7.89. The summed E-state index contributed by atoms with van der Waals surface area (Å²) in [5.41, 5.74) is 0. The van der Waals surface area contributed by atoms with Crippen molar-refractivity contribution in [2.45, 2.75) is 23.5 Å². The Bertz CT molecular complexity index is 833. The fraction of sp³-hybridized carbons (Fsp3) is 0.267. The molecule has 1 heterocycles. The van der Waals surface area contributed by atoms with Gasteiger partial charge in [-0.15, -0.1) is 0 Å². The maximum absolute atomic E-state index is 12.7. The molecule has 2 N–H and O–H groups in total. The van der Waals surface area contributed by atoms with Gasteiger partial charge in [0.05, 0.1) is 11.0 Å². The molecule has 0 aromatic heterocycles. The predicted molar refractivity (Wildman–Crippen MR) is 79.9 cm³/mol. The standard InChI is InChI=1S/C15H15NO5S/c17-12-8-14(15(18)19)16(9-12)22(20,21)13-6-5-10-3-1-2-4-11(10)7-13/h1-7,12,14,17H,8-9H2,(H,18,19)/t12-,14-/m1/s1. The zero-order chi connectivity index (χ0) is 15.9. The first-order valence-corrected chi connectivity index (χ1v) is 8.25. The van der Waals surface area contributed by atoms with Gasteiger partial charge in [0.1, 0.15) is 6.04 Å². The van der Waals surface area contributed by atoms with Crippen molar-refractivity contribution in [3.63, 3.8) is 0 Å². The highest BCUT2D eigenvalue weighted by Crippen LogP contribution is 2.28. The molecule has 1 saturated heterocycles. The summed E-state index contributed by atoms with van der Waals surface area (Å²) in [6.45, 7) is -0.202. The quantitative estimate of drug-likeness (QED) is 0.881. The van der Waals surface area contributed by atoms with Crippen molar-refractivity contribution < 1.29 is 23.4 Å². The summed E-state index contributed by atoms with van der Waals surface area (Å²) in [4.78, 5) is 11.3. The Labute approximate surface area is 127 Å². The lowest BCUT2D eigenvalue weighted by molar-refractivity contribution is -0.140. The van der Waals surface area contributed by atoms with E-state index in [0.29, 0.717) is 0 Å². The molecule has 1 fully saturated rings. The number of nitrogens with zero attached hydrogens (tertiary/aromatic N) is 1. The number of aliphatic hydroxyl groups excluding tert-OH is 1. The summed E-state index contributed by atoms with van der Waals surface area (Å²) in [5, 5.41) is 20.5. The summed E-state index contributed by atoms with van der Waals surface area (Å²) in [6, 6.07) is 10.8. The second-order valence-corrected chi connectivity index (χ2v) is 7.22. The molecule has 22 heavy (non-hydrogen) atoms. The van der Waals surface area contributed by atoms with E-state index >= 15 is 0 Å². The number of carboxylic acid groups (broad SMARTS) is 1. The van der Waals surface area contributed by atoms with E-state index in [4.69, 9.17) is 5.11 Å². The Kier molecular flexibility index (Phi) is 3.64. The normalized spacial score (nSPS) is 23.0. The summed E-state index contributed by atoms with van der Waals surface area (Å²) in [6.07, 6.45) is -1.06. The molecule has 0 saturated carbocycles. The molecule has 7 heteroatoms. The van der Waals surface area contributed by atoms with E-state index in [1.54, 1.807) is 18.2 Å². The van der Waals surface area contributed by atoms with Gasteiger partial charge in [0.2, 0.25) is 10.0 Å². The van der Waals surface area contributed by atoms with Crippen molar-refractivity contribution in [2.24, 2.45) is 0 Å². The molecule has 6 nitrogen and oxygen atoms in total. The Balaban J connectivity index is 2.05. The van der Waals surface area contributed by atoms with Crippen LogP contribution < -0.4 is 0 Å². The van der Waals surface area contributed by atoms with Crippen molar-refractivity contribution >= 4 is 26.8 Å². The lowest BCUT2D eigenvalue weighted by Crippen LogP contribution is -2.40. The van der Waals surface area contributed by atoms with E-state index < -0.39 is 28.1 Å². The molecule has 0 unspecified atom stereocenters. The molecule has 116 valence electrons. The molecule has 0 bridgehead atoms. The number of aliphatic hydroxyl groups is 1. The van der Waals surface area contributed by atoms with Crippen molar-refractivity contribution in [1.29, 1.82) is 0 Å². The lowest BCUT2D eigenvalue weighted by Gasteiger charge is -2.20. The van der Waals surface area contributed by atoms with Crippen molar-refractivity contribution in [3.8, 4) is 0 Å². The average Bonchev–Trinajstić information content (AvgIpc) is 2.90. The number of fused-ring (bicyclic) bond motifs is 1. The van der Waals surface area contributed by atoms with Gasteiger partial charge in [0.15, 0.2) is 0 Å². The van der Waals surface area contributed by atoms with Gasteiger partial charge in [-0.3, -0.25) is 4.79 Å². The number of hydrogen-bond donors (Lipinski definition) is 2. The van der Waals surface area contributed by atoms with Gasteiger partial charge in [0.25, 0.3) is 0 Å². The molecule has 3 rings (SSSR count). The minimum atomic E-state index is -3.96. The maximum Gasteiger partial charge on any atom is 0.322 e. The third kappa shape index (κ3) is 2.47. The summed E-state index contributed by atoms with van der Waals surface area (Å²) < 4.78 is 26.2. The number of benzene rings is 2. The van der Waals surface area contributed by atoms with Crippen molar-refractivity contribution in [1.82, 2.24) is 4.31 Å². The third-order valence-corrected chi connectivity index (χ3v) is 5.72. The molecular formula is C15H15NO5S. The van der Waals surface area contributed by atoms with Crippen LogP contribution in [0.3, 0.4) is 0 Å². The SMILES string of the molecule is O=C(O)[C@H]1C[C@@H](O)CN1S(=O)(=O)c1ccc2ccccc2c1. The first kappa shape index (κ1) is 15.0.